The first-order valence-corrected chi connectivity index (χ1v) is 7.19. The summed E-state index contributed by atoms with van der Waals surface area (Å²) >= 11 is 3.23. The van der Waals surface area contributed by atoms with Gasteiger partial charge in [-0.05, 0) is 18.2 Å². The van der Waals surface area contributed by atoms with Crippen molar-refractivity contribution < 1.29 is 12.8 Å². The number of halogens is 1. The number of aromatic nitrogens is 2. The van der Waals surface area contributed by atoms with Crippen LogP contribution in [0.3, 0.4) is 0 Å². The topological polar surface area (TPSA) is 73.1 Å². The summed E-state index contributed by atoms with van der Waals surface area (Å²) < 4.78 is 29.8. The summed E-state index contributed by atoms with van der Waals surface area (Å²) in [6.45, 7) is 1.61. The first-order chi connectivity index (χ1) is 7.97. The molecule has 0 aliphatic heterocycles. The molecule has 2 rings (SSSR count). The molecule has 0 aliphatic rings. The molecule has 0 fully saturated rings. The molecule has 7 heteroatoms. The van der Waals surface area contributed by atoms with E-state index in [0.29, 0.717) is 10.4 Å². The molecule has 0 saturated carbocycles. The van der Waals surface area contributed by atoms with E-state index in [0.717, 1.165) is 0 Å². The minimum Gasteiger partial charge on any atom is -0.424 e. The monoisotopic (exact) mass is 316 g/mol. The summed E-state index contributed by atoms with van der Waals surface area (Å²) in [7, 11) is -3.45. The third-order valence-electron chi connectivity index (χ3n) is 2.04. The van der Waals surface area contributed by atoms with Crippen molar-refractivity contribution in [2.45, 2.75) is 17.6 Å². The molecular formula is C10H9BrN2O3S. The maximum absolute atomic E-state index is 12.0. The van der Waals surface area contributed by atoms with Crippen molar-refractivity contribution >= 4 is 25.8 Å². The van der Waals surface area contributed by atoms with Gasteiger partial charge >= 0.3 is 0 Å². The number of hydrogen-bond acceptors (Lipinski definition) is 5. The van der Waals surface area contributed by atoms with Crippen LogP contribution in [0.5, 0.6) is 0 Å². The van der Waals surface area contributed by atoms with Crippen LogP contribution < -0.4 is 0 Å². The third-order valence-corrected chi connectivity index (χ3v) is 4.13. The quantitative estimate of drug-likeness (QED) is 0.867. The molecule has 5 nitrogen and oxygen atoms in total. The number of nitrogens with zero attached hydrogens (tertiary/aromatic N) is 2. The highest BCUT2D eigenvalue weighted by atomic mass is 79.9. The van der Waals surface area contributed by atoms with Gasteiger partial charge in [0.1, 0.15) is 5.75 Å². The molecule has 0 aliphatic carbocycles. The zero-order valence-electron chi connectivity index (χ0n) is 8.92. The lowest BCUT2D eigenvalue weighted by Crippen LogP contribution is -2.05. The van der Waals surface area contributed by atoms with Gasteiger partial charge in [0.2, 0.25) is 11.8 Å². The smallest absolute Gasteiger partial charge is 0.231 e. The van der Waals surface area contributed by atoms with Crippen LogP contribution >= 0.6 is 15.9 Å². The second kappa shape index (κ2) is 4.58. The second-order valence-electron chi connectivity index (χ2n) is 3.43. The van der Waals surface area contributed by atoms with Crippen molar-refractivity contribution in [3.8, 4) is 0 Å². The Balaban J connectivity index is 2.31. The van der Waals surface area contributed by atoms with Crippen molar-refractivity contribution in [3.63, 3.8) is 0 Å². The van der Waals surface area contributed by atoms with Crippen molar-refractivity contribution in [1.82, 2.24) is 10.2 Å². The van der Waals surface area contributed by atoms with E-state index < -0.39 is 9.84 Å². The van der Waals surface area contributed by atoms with Crippen LogP contribution in [0.25, 0.3) is 0 Å². The number of hydrogen-bond donors (Lipinski definition) is 0. The standard InChI is InChI=1S/C10H9BrN2O3S/c1-7-12-13-10(16-7)6-17(14,15)9-4-2-3-8(11)5-9/h2-5H,6H2,1H3. The van der Waals surface area contributed by atoms with E-state index >= 15 is 0 Å². The van der Waals surface area contributed by atoms with E-state index in [-0.39, 0.29) is 16.5 Å². The molecule has 1 heterocycles. The number of rotatable bonds is 3. The molecule has 2 aromatic rings. The summed E-state index contributed by atoms with van der Waals surface area (Å²) in [5.41, 5.74) is 0. The molecule has 1 aromatic heterocycles. The lowest BCUT2D eigenvalue weighted by atomic mass is 10.4. The van der Waals surface area contributed by atoms with E-state index in [9.17, 15) is 8.42 Å². The summed E-state index contributed by atoms with van der Waals surface area (Å²) in [5, 5.41) is 7.26. The Hall–Kier alpha value is -1.21. The Kier molecular flexibility index (Phi) is 3.30. The molecule has 0 N–H and O–H groups in total. The highest BCUT2D eigenvalue weighted by Gasteiger charge is 2.19. The van der Waals surface area contributed by atoms with Gasteiger partial charge in [0, 0.05) is 11.4 Å². The van der Waals surface area contributed by atoms with Crippen LogP contribution in [0.15, 0.2) is 38.1 Å². The number of aryl methyl sites for hydroxylation is 1. The molecule has 0 atom stereocenters. The zero-order valence-corrected chi connectivity index (χ0v) is 11.3. The normalized spacial score (nSPS) is 11.6. The lowest BCUT2D eigenvalue weighted by molar-refractivity contribution is 0.480. The van der Waals surface area contributed by atoms with Gasteiger partial charge in [-0.2, -0.15) is 0 Å². The lowest BCUT2D eigenvalue weighted by Gasteiger charge is -2.01. The third kappa shape index (κ3) is 2.92. The maximum atomic E-state index is 12.0. The average molecular weight is 317 g/mol. The minimum absolute atomic E-state index is 0.0995. The average Bonchev–Trinajstić information content (AvgIpc) is 2.63. The van der Waals surface area contributed by atoms with Gasteiger partial charge < -0.3 is 4.42 Å². The molecule has 0 radical (unpaired) electrons. The fraction of sp³-hybridized carbons (Fsp3) is 0.200. The minimum atomic E-state index is -3.45. The van der Waals surface area contributed by atoms with Crippen molar-refractivity contribution in [2.75, 3.05) is 0 Å². The SMILES string of the molecule is Cc1nnc(CS(=O)(=O)c2cccc(Br)c2)o1. The van der Waals surface area contributed by atoms with Crippen molar-refractivity contribution in [1.29, 1.82) is 0 Å². The molecule has 0 bridgehead atoms. The molecule has 17 heavy (non-hydrogen) atoms. The fourth-order valence-electron chi connectivity index (χ4n) is 1.30. The summed E-state index contributed by atoms with van der Waals surface area (Å²) in [5.74, 6) is 0.163. The largest absolute Gasteiger partial charge is 0.424 e. The first kappa shape index (κ1) is 12.3. The van der Waals surface area contributed by atoms with Crippen LogP contribution in [0.2, 0.25) is 0 Å². The summed E-state index contributed by atoms with van der Waals surface area (Å²) in [6, 6.07) is 6.49. The Bertz CT molecular complexity index is 637. The Morgan fingerprint density at radius 3 is 2.71 bits per heavy atom. The Labute approximate surface area is 107 Å². The molecule has 0 spiro atoms. The molecule has 90 valence electrons. The Morgan fingerprint density at radius 1 is 1.35 bits per heavy atom. The summed E-state index contributed by atoms with van der Waals surface area (Å²) in [4.78, 5) is 0.225. The van der Waals surface area contributed by atoms with Gasteiger partial charge in [0.15, 0.2) is 9.84 Å². The van der Waals surface area contributed by atoms with E-state index in [2.05, 4.69) is 26.1 Å². The van der Waals surface area contributed by atoms with E-state index in [1.807, 2.05) is 0 Å². The van der Waals surface area contributed by atoms with Crippen molar-refractivity contribution in [3.05, 3.63) is 40.5 Å². The number of sulfone groups is 1. The van der Waals surface area contributed by atoms with Crippen LogP contribution in [0, 0.1) is 6.92 Å². The van der Waals surface area contributed by atoms with Crippen LogP contribution in [-0.2, 0) is 15.6 Å². The predicted octanol–water partition coefficient (Wildman–Crippen LogP) is 2.11. The first-order valence-electron chi connectivity index (χ1n) is 4.75. The fourth-order valence-corrected chi connectivity index (χ4v) is 3.05. The van der Waals surface area contributed by atoms with Crippen molar-refractivity contribution in [2.24, 2.45) is 0 Å². The maximum Gasteiger partial charge on any atom is 0.231 e. The molecular weight excluding hydrogens is 308 g/mol. The molecule has 0 amide bonds. The second-order valence-corrected chi connectivity index (χ2v) is 6.34. The van der Waals surface area contributed by atoms with E-state index in [1.54, 1.807) is 25.1 Å². The van der Waals surface area contributed by atoms with Gasteiger partial charge in [0.25, 0.3) is 0 Å². The van der Waals surface area contributed by atoms with Gasteiger partial charge in [-0.1, -0.05) is 22.0 Å². The Morgan fingerprint density at radius 2 is 2.12 bits per heavy atom. The highest BCUT2D eigenvalue weighted by molar-refractivity contribution is 9.10. The number of benzene rings is 1. The molecule has 0 unspecified atom stereocenters. The van der Waals surface area contributed by atoms with Gasteiger partial charge in [-0.15, -0.1) is 10.2 Å². The van der Waals surface area contributed by atoms with E-state index in [1.165, 1.54) is 6.07 Å². The zero-order chi connectivity index (χ0) is 12.5. The molecule has 0 saturated heterocycles. The van der Waals surface area contributed by atoms with Gasteiger partial charge in [-0.25, -0.2) is 8.42 Å². The molecule has 1 aromatic carbocycles. The van der Waals surface area contributed by atoms with E-state index in [4.69, 9.17) is 4.42 Å². The summed E-state index contributed by atoms with van der Waals surface area (Å²) in [6.07, 6.45) is 0. The highest BCUT2D eigenvalue weighted by Crippen LogP contribution is 2.19. The van der Waals surface area contributed by atoms with Crippen LogP contribution in [0.4, 0.5) is 0 Å². The van der Waals surface area contributed by atoms with Gasteiger partial charge in [0.05, 0.1) is 4.90 Å². The predicted molar refractivity (Wildman–Crippen MR) is 64.1 cm³/mol. The van der Waals surface area contributed by atoms with Crippen LogP contribution in [0.1, 0.15) is 11.8 Å². The van der Waals surface area contributed by atoms with Gasteiger partial charge in [-0.3, -0.25) is 0 Å². The van der Waals surface area contributed by atoms with Crippen LogP contribution in [-0.4, -0.2) is 18.6 Å².